The first-order valence-electron chi connectivity index (χ1n) is 8.08. The summed E-state index contributed by atoms with van der Waals surface area (Å²) in [5.74, 6) is 2.84. The first-order valence-corrected chi connectivity index (χ1v) is 8.08. The third-order valence-corrected chi connectivity index (χ3v) is 4.95. The molecule has 1 aromatic carbocycles. The Morgan fingerprint density at radius 1 is 1.23 bits per heavy atom. The summed E-state index contributed by atoms with van der Waals surface area (Å²) in [5.41, 5.74) is 0.871. The second kappa shape index (κ2) is 5.72. The monoisotopic (exact) mass is 299 g/mol. The van der Waals surface area contributed by atoms with Crippen molar-refractivity contribution in [3.05, 3.63) is 30.2 Å². The first kappa shape index (κ1) is 13.8. The second-order valence-corrected chi connectivity index (χ2v) is 6.26. The SMILES string of the molecule is COc1ccccc1-c1noc(C2CC3CCCCC3N2)n1. The number of aromatic nitrogens is 2. The maximum Gasteiger partial charge on any atom is 0.244 e. The highest BCUT2D eigenvalue weighted by molar-refractivity contribution is 5.63. The molecule has 1 saturated heterocycles. The molecule has 1 aliphatic carbocycles. The lowest BCUT2D eigenvalue weighted by Gasteiger charge is -2.24. The third kappa shape index (κ3) is 2.39. The molecule has 3 atom stereocenters. The lowest BCUT2D eigenvalue weighted by molar-refractivity contribution is 0.324. The zero-order chi connectivity index (χ0) is 14.9. The van der Waals surface area contributed by atoms with Gasteiger partial charge in [0.25, 0.3) is 0 Å². The van der Waals surface area contributed by atoms with Crippen LogP contribution in [0, 0.1) is 5.92 Å². The predicted octanol–water partition coefficient (Wildman–Crippen LogP) is 3.34. The lowest BCUT2D eigenvalue weighted by Crippen LogP contribution is -2.30. The smallest absolute Gasteiger partial charge is 0.244 e. The number of nitrogens with one attached hydrogen (secondary N) is 1. The molecule has 2 fully saturated rings. The topological polar surface area (TPSA) is 60.2 Å². The van der Waals surface area contributed by atoms with Crippen molar-refractivity contribution >= 4 is 0 Å². The molecule has 0 radical (unpaired) electrons. The Kier molecular flexibility index (Phi) is 3.58. The fourth-order valence-corrected chi connectivity index (χ4v) is 3.83. The molecule has 5 heteroatoms. The Morgan fingerprint density at radius 2 is 2.09 bits per heavy atom. The Balaban J connectivity index is 1.57. The number of para-hydroxylation sites is 1. The van der Waals surface area contributed by atoms with E-state index in [1.54, 1.807) is 7.11 Å². The van der Waals surface area contributed by atoms with E-state index in [1.165, 1.54) is 25.7 Å². The molecule has 2 aliphatic rings. The highest BCUT2D eigenvalue weighted by atomic mass is 16.5. The van der Waals surface area contributed by atoms with Gasteiger partial charge in [0, 0.05) is 6.04 Å². The maximum absolute atomic E-state index is 5.53. The first-order chi connectivity index (χ1) is 10.8. The quantitative estimate of drug-likeness (QED) is 0.942. The molecule has 0 amide bonds. The van der Waals surface area contributed by atoms with Crippen LogP contribution in [0.4, 0.5) is 0 Å². The van der Waals surface area contributed by atoms with Crippen LogP contribution in [0.3, 0.4) is 0 Å². The fourth-order valence-electron chi connectivity index (χ4n) is 3.83. The average molecular weight is 299 g/mol. The number of fused-ring (bicyclic) bond motifs is 1. The average Bonchev–Trinajstić information content (AvgIpc) is 3.21. The molecule has 1 aliphatic heterocycles. The molecule has 116 valence electrons. The minimum Gasteiger partial charge on any atom is -0.496 e. The van der Waals surface area contributed by atoms with E-state index in [1.807, 2.05) is 24.3 Å². The number of benzene rings is 1. The van der Waals surface area contributed by atoms with Crippen molar-refractivity contribution in [3.63, 3.8) is 0 Å². The molecular weight excluding hydrogens is 278 g/mol. The van der Waals surface area contributed by atoms with Gasteiger partial charge >= 0.3 is 0 Å². The van der Waals surface area contributed by atoms with Crippen molar-refractivity contribution in [2.45, 2.75) is 44.2 Å². The number of ether oxygens (including phenoxy) is 1. The summed E-state index contributed by atoms with van der Waals surface area (Å²) in [6.45, 7) is 0. The van der Waals surface area contributed by atoms with Crippen molar-refractivity contribution in [3.8, 4) is 17.1 Å². The highest BCUT2D eigenvalue weighted by Gasteiger charge is 2.38. The van der Waals surface area contributed by atoms with Crippen LogP contribution in [-0.2, 0) is 0 Å². The van der Waals surface area contributed by atoms with Gasteiger partial charge in [-0.3, -0.25) is 0 Å². The summed E-state index contributed by atoms with van der Waals surface area (Å²) >= 11 is 0. The standard InChI is InChI=1S/C17H21N3O2/c1-21-15-9-5-3-7-12(15)16-19-17(22-20-16)14-10-11-6-2-4-8-13(11)18-14/h3,5,7,9,11,13-14,18H,2,4,6,8,10H2,1H3. The van der Waals surface area contributed by atoms with Crippen molar-refractivity contribution in [1.82, 2.24) is 15.5 Å². The van der Waals surface area contributed by atoms with Crippen molar-refractivity contribution < 1.29 is 9.26 Å². The van der Waals surface area contributed by atoms with Gasteiger partial charge in [0.15, 0.2) is 0 Å². The van der Waals surface area contributed by atoms with E-state index in [4.69, 9.17) is 9.26 Å². The van der Waals surface area contributed by atoms with Crippen LogP contribution in [0.25, 0.3) is 11.4 Å². The number of methoxy groups -OCH3 is 1. The normalized spacial score (nSPS) is 27.6. The van der Waals surface area contributed by atoms with Crippen LogP contribution >= 0.6 is 0 Å². The number of hydrogen-bond acceptors (Lipinski definition) is 5. The lowest BCUT2D eigenvalue weighted by atomic mass is 9.85. The van der Waals surface area contributed by atoms with Crippen molar-refractivity contribution in [1.29, 1.82) is 0 Å². The van der Waals surface area contributed by atoms with E-state index in [-0.39, 0.29) is 6.04 Å². The summed E-state index contributed by atoms with van der Waals surface area (Å²) in [6, 6.07) is 8.58. The van der Waals surface area contributed by atoms with E-state index >= 15 is 0 Å². The summed E-state index contributed by atoms with van der Waals surface area (Å²) in [4.78, 5) is 4.61. The van der Waals surface area contributed by atoms with Gasteiger partial charge in [-0.25, -0.2) is 0 Å². The maximum atomic E-state index is 5.53. The Morgan fingerprint density at radius 3 is 2.95 bits per heavy atom. The Bertz CT molecular complexity index is 641. The summed E-state index contributed by atoms with van der Waals surface area (Å²) in [6.07, 6.45) is 6.39. The van der Waals surface area contributed by atoms with Crippen LogP contribution in [0.15, 0.2) is 28.8 Å². The molecule has 2 aromatic rings. The van der Waals surface area contributed by atoms with Gasteiger partial charge in [-0.2, -0.15) is 4.98 Å². The van der Waals surface area contributed by atoms with Gasteiger partial charge in [-0.05, 0) is 37.3 Å². The van der Waals surface area contributed by atoms with Gasteiger partial charge in [0.05, 0.1) is 18.7 Å². The Labute approximate surface area is 130 Å². The molecule has 4 rings (SSSR count). The van der Waals surface area contributed by atoms with Gasteiger partial charge in [-0.1, -0.05) is 30.1 Å². The predicted molar refractivity (Wildman–Crippen MR) is 82.5 cm³/mol. The van der Waals surface area contributed by atoms with E-state index in [2.05, 4.69) is 15.5 Å². The summed E-state index contributed by atoms with van der Waals surface area (Å²) < 4.78 is 10.9. The molecule has 2 heterocycles. The van der Waals surface area contributed by atoms with Crippen LogP contribution in [-0.4, -0.2) is 23.3 Å². The van der Waals surface area contributed by atoms with Gasteiger partial charge in [-0.15, -0.1) is 0 Å². The van der Waals surface area contributed by atoms with Gasteiger partial charge in [0.2, 0.25) is 11.7 Å². The molecule has 0 spiro atoms. The van der Waals surface area contributed by atoms with E-state index in [0.717, 1.165) is 23.7 Å². The molecule has 1 aromatic heterocycles. The van der Waals surface area contributed by atoms with Crippen molar-refractivity contribution in [2.24, 2.45) is 5.92 Å². The number of hydrogen-bond donors (Lipinski definition) is 1. The molecule has 5 nitrogen and oxygen atoms in total. The molecule has 1 N–H and O–H groups in total. The highest BCUT2D eigenvalue weighted by Crippen LogP contribution is 2.39. The molecule has 3 unspecified atom stereocenters. The third-order valence-electron chi connectivity index (χ3n) is 4.95. The molecule has 22 heavy (non-hydrogen) atoms. The molecule has 0 bridgehead atoms. The van der Waals surface area contributed by atoms with Crippen LogP contribution in [0.5, 0.6) is 5.75 Å². The van der Waals surface area contributed by atoms with Gasteiger partial charge < -0.3 is 14.6 Å². The van der Waals surface area contributed by atoms with Gasteiger partial charge in [0.1, 0.15) is 5.75 Å². The second-order valence-electron chi connectivity index (χ2n) is 6.26. The van der Waals surface area contributed by atoms with Crippen LogP contribution in [0.2, 0.25) is 0 Å². The fraction of sp³-hybridized carbons (Fsp3) is 0.529. The number of rotatable bonds is 3. The minimum absolute atomic E-state index is 0.198. The van der Waals surface area contributed by atoms with E-state index in [0.29, 0.717) is 17.8 Å². The largest absolute Gasteiger partial charge is 0.496 e. The Hall–Kier alpha value is -1.88. The summed E-state index contributed by atoms with van der Waals surface area (Å²) in [7, 11) is 1.66. The van der Waals surface area contributed by atoms with Crippen molar-refractivity contribution in [2.75, 3.05) is 7.11 Å². The zero-order valence-electron chi connectivity index (χ0n) is 12.8. The zero-order valence-corrected chi connectivity index (χ0v) is 12.8. The van der Waals surface area contributed by atoms with E-state index < -0.39 is 0 Å². The van der Waals surface area contributed by atoms with Crippen LogP contribution < -0.4 is 10.1 Å². The van der Waals surface area contributed by atoms with E-state index in [9.17, 15) is 0 Å². The van der Waals surface area contributed by atoms with Crippen LogP contribution in [0.1, 0.15) is 44.0 Å². The molecular formula is C17H21N3O2. The number of nitrogens with zero attached hydrogens (tertiary/aromatic N) is 2. The minimum atomic E-state index is 0.198. The molecule has 1 saturated carbocycles. The summed E-state index contributed by atoms with van der Waals surface area (Å²) in [5, 5.41) is 7.83.